The normalized spacial score (nSPS) is 19.0. The van der Waals surface area contributed by atoms with Crippen molar-refractivity contribution in [3.05, 3.63) is 0 Å². The third-order valence-corrected chi connectivity index (χ3v) is 3.99. The largest absolute Gasteiger partial charge is 0.353 e. The number of amides is 1. The monoisotopic (exact) mass is 291 g/mol. The van der Waals surface area contributed by atoms with Gasteiger partial charge in [-0.3, -0.25) is 4.79 Å². The Labute approximate surface area is 123 Å². The predicted molar refractivity (Wildman–Crippen MR) is 82.6 cm³/mol. The van der Waals surface area contributed by atoms with Gasteiger partial charge in [-0.05, 0) is 33.2 Å². The van der Waals surface area contributed by atoms with Crippen LogP contribution in [0.5, 0.6) is 0 Å². The predicted octanol–water partition coefficient (Wildman–Crippen LogP) is 1.92. The Morgan fingerprint density at radius 3 is 2.53 bits per heavy atom. The van der Waals surface area contributed by atoms with Crippen LogP contribution < -0.4 is 11.1 Å². The summed E-state index contributed by atoms with van der Waals surface area (Å²) in [6, 6.07) is 0.710. The first-order chi connectivity index (χ1) is 8.47. The number of halogens is 1. The van der Waals surface area contributed by atoms with E-state index in [9.17, 15) is 4.79 Å². The molecule has 0 spiro atoms. The number of likely N-dealkylation sites (N-methyl/N-ethyl adjacent to an activating group) is 1. The summed E-state index contributed by atoms with van der Waals surface area (Å²) in [7, 11) is 2.15. The van der Waals surface area contributed by atoms with E-state index >= 15 is 0 Å². The van der Waals surface area contributed by atoms with E-state index in [1.165, 1.54) is 25.7 Å². The van der Waals surface area contributed by atoms with Crippen molar-refractivity contribution >= 4 is 18.3 Å². The number of nitrogens with zero attached hydrogens (tertiary/aromatic N) is 1. The van der Waals surface area contributed by atoms with Crippen molar-refractivity contribution in [1.82, 2.24) is 10.2 Å². The molecule has 0 radical (unpaired) electrons. The number of carbonyl (C=O) groups is 1. The maximum Gasteiger partial charge on any atom is 0.239 e. The lowest BCUT2D eigenvalue weighted by Gasteiger charge is -2.26. The third kappa shape index (κ3) is 6.11. The van der Waals surface area contributed by atoms with E-state index in [2.05, 4.69) is 17.3 Å². The van der Waals surface area contributed by atoms with E-state index in [-0.39, 0.29) is 18.3 Å². The highest BCUT2D eigenvalue weighted by Crippen LogP contribution is 2.21. The first-order valence-electron chi connectivity index (χ1n) is 7.25. The Morgan fingerprint density at radius 2 is 2.00 bits per heavy atom. The molecule has 0 bridgehead atoms. The van der Waals surface area contributed by atoms with E-state index in [4.69, 9.17) is 5.73 Å². The summed E-state index contributed by atoms with van der Waals surface area (Å²) in [6.07, 6.45) is 6.96. The summed E-state index contributed by atoms with van der Waals surface area (Å²) in [4.78, 5) is 14.3. The molecule has 1 aliphatic rings. The van der Waals surface area contributed by atoms with E-state index in [1.807, 2.05) is 13.8 Å². The molecule has 1 rings (SSSR count). The van der Waals surface area contributed by atoms with Gasteiger partial charge in [0.15, 0.2) is 0 Å². The van der Waals surface area contributed by atoms with Crippen molar-refractivity contribution in [3.63, 3.8) is 0 Å². The average molecular weight is 292 g/mol. The third-order valence-electron chi connectivity index (χ3n) is 3.99. The van der Waals surface area contributed by atoms with Crippen LogP contribution in [0.1, 0.15) is 52.4 Å². The quantitative estimate of drug-likeness (QED) is 0.753. The molecule has 1 unspecified atom stereocenters. The number of rotatable bonds is 7. The average Bonchev–Trinajstić information content (AvgIpc) is 2.82. The van der Waals surface area contributed by atoms with Gasteiger partial charge in [0.25, 0.3) is 0 Å². The molecular weight excluding hydrogens is 262 g/mol. The van der Waals surface area contributed by atoms with Gasteiger partial charge in [-0.15, -0.1) is 12.4 Å². The molecule has 0 aromatic rings. The fourth-order valence-corrected chi connectivity index (χ4v) is 2.71. The van der Waals surface area contributed by atoms with Gasteiger partial charge in [-0.2, -0.15) is 0 Å². The molecule has 114 valence electrons. The van der Waals surface area contributed by atoms with Crippen molar-refractivity contribution in [3.8, 4) is 0 Å². The van der Waals surface area contributed by atoms with Crippen molar-refractivity contribution in [1.29, 1.82) is 0 Å². The molecule has 5 heteroatoms. The van der Waals surface area contributed by atoms with Crippen molar-refractivity contribution in [2.24, 2.45) is 5.73 Å². The Hall–Kier alpha value is -0.320. The molecule has 1 amide bonds. The summed E-state index contributed by atoms with van der Waals surface area (Å²) in [5.41, 5.74) is 5.26. The first-order valence-corrected chi connectivity index (χ1v) is 7.25. The zero-order valence-corrected chi connectivity index (χ0v) is 13.4. The van der Waals surface area contributed by atoms with Crippen LogP contribution in [0.15, 0.2) is 0 Å². The highest BCUT2D eigenvalue weighted by molar-refractivity contribution is 5.85. The minimum Gasteiger partial charge on any atom is -0.353 e. The molecule has 1 saturated carbocycles. The highest BCUT2D eigenvalue weighted by Gasteiger charge is 2.27. The van der Waals surface area contributed by atoms with Crippen molar-refractivity contribution in [2.45, 2.75) is 64.0 Å². The van der Waals surface area contributed by atoms with Gasteiger partial charge in [0.1, 0.15) is 0 Å². The molecule has 0 heterocycles. The topological polar surface area (TPSA) is 58.4 Å². The van der Waals surface area contributed by atoms with Gasteiger partial charge < -0.3 is 16.0 Å². The number of nitrogens with one attached hydrogen (secondary N) is 1. The van der Waals surface area contributed by atoms with Gasteiger partial charge in [0, 0.05) is 19.1 Å². The Bertz CT molecular complexity index is 265. The van der Waals surface area contributed by atoms with E-state index in [0.29, 0.717) is 12.6 Å². The number of hydrogen-bond acceptors (Lipinski definition) is 3. The van der Waals surface area contributed by atoms with Gasteiger partial charge in [0.2, 0.25) is 5.91 Å². The second-order valence-corrected chi connectivity index (χ2v) is 5.84. The SMILES string of the molecule is CCCC(C)(N)C(=O)NCCN(C)C1CCCC1.Cl. The Morgan fingerprint density at radius 1 is 1.42 bits per heavy atom. The van der Waals surface area contributed by atoms with E-state index in [1.54, 1.807) is 0 Å². The fourth-order valence-electron chi connectivity index (χ4n) is 2.71. The fraction of sp³-hybridized carbons (Fsp3) is 0.929. The van der Waals surface area contributed by atoms with Crippen LogP contribution in [0.4, 0.5) is 0 Å². The van der Waals surface area contributed by atoms with Gasteiger partial charge >= 0.3 is 0 Å². The zero-order chi connectivity index (χ0) is 13.6. The maximum absolute atomic E-state index is 11.9. The first kappa shape index (κ1) is 18.7. The van der Waals surface area contributed by atoms with E-state index in [0.717, 1.165) is 19.4 Å². The number of carbonyl (C=O) groups excluding carboxylic acids is 1. The molecule has 1 aliphatic carbocycles. The molecule has 1 fully saturated rings. The molecular formula is C14H30ClN3O. The molecule has 0 aliphatic heterocycles. The summed E-state index contributed by atoms with van der Waals surface area (Å²) in [5.74, 6) is -0.0239. The number of hydrogen-bond donors (Lipinski definition) is 2. The Balaban J connectivity index is 0.00000324. The van der Waals surface area contributed by atoms with Crippen LogP contribution >= 0.6 is 12.4 Å². The standard InChI is InChI=1S/C14H29N3O.ClH/c1-4-9-14(2,15)13(18)16-10-11-17(3)12-7-5-6-8-12;/h12H,4-11,15H2,1-3H3,(H,16,18);1H. The zero-order valence-electron chi connectivity index (χ0n) is 12.6. The van der Waals surface area contributed by atoms with Gasteiger partial charge in [-0.25, -0.2) is 0 Å². The maximum atomic E-state index is 11.9. The lowest BCUT2D eigenvalue weighted by molar-refractivity contribution is -0.126. The summed E-state index contributed by atoms with van der Waals surface area (Å²) in [5, 5.41) is 2.96. The molecule has 4 nitrogen and oxygen atoms in total. The molecule has 19 heavy (non-hydrogen) atoms. The van der Waals surface area contributed by atoms with Crippen LogP contribution in [0.25, 0.3) is 0 Å². The van der Waals surface area contributed by atoms with Crippen LogP contribution in [0.3, 0.4) is 0 Å². The van der Waals surface area contributed by atoms with Crippen LogP contribution in [-0.2, 0) is 4.79 Å². The van der Waals surface area contributed by atoms with Crippen LogP contribution in [0, 0.1) is 0 Å². The minimum absolute atomic E-state index is 0. The summed E-state index contributed by atoms with van der Waals surface area (Å²) in [6.45, 7) is 5.47. The van der Waals surface area contributed by atoms with Crippen LogP contribution in [-0.4, -0.2) is 42.5 Å². The summed E-state index contributed by atoms with van der Waals surface area (Å²) >= 11 is 0. The van der Waals surface area contributed by atoms with Crippen LogP contribution in [0.2, 0.25) is 0 Å². The lowest BCUT2D eigenvalue weighted by Crippen LogP contribution is -2.52. The molecule has 0 aromatic carbocycles. The number of nitrogens with two attached hydrogens (primary N) is 1. The highest BCUT2D eigenvalue weighted by atomic mass is 35.5. The minimum atomic E-state index is -0.722. The molecule has 3 N–H and O–H groups in total. The second-order valence-electron chi connectivity index (χ2n) is 5.84. The van der Waals surface area contributed by atoms with Gasteiger partial charge in [0.05, 0.1) is 5.54 Å². The summed E-state index contributed by atoms with van der Waals surface area (Å²) < 4.78 is 0. The van der Waals surface area contributed by atoms with Crippen molar-refractivity contribution in [2.75, 3.05) is 20.1 Å². The Kier molecular flexibility index (Phi) is 8.62. The van der Waals surface area contributed by atoms with Gasteiger partial charge in [-0.1, -0.05) is 26.2 Å². The van der Waals surface area contributed by atoms with Crippen molar-refractivity contribution < 1.29 is 4.79 Å². The smallest absolute Gasteiger partial charge is 0.239 e. The molecule has 0 aromatic heterocycles. The van der Waals surface area contributed by atoms with E-state index < -0.39 is 5.54 Å². The second kappa shape index (κ2) is 8.77. The molecule has 0 saturated heterocycles. The molecule has 1 atom stereocenters. The lowest BCUT2D eigenvalue weighted by atomic mass is 9.96.